The summed E-state index contributed by atoms with van der Waals surface area (Å²) in [5.41, 5.74) is 0. The Morgan fingerprint density at radius 1 is 0.418 bits per heavy atom. The van der Waals surface area contributed by atoms with Crippen molar-refractivity contribution in [3.8, 4) is 0 Å². The Kier molecular flexibility index (Phi) is 57.9. The Labute approximate surface area is 472 Å². The van der Waals surface area contributed by atoms with Gasteiger partial charge in [0.25, 0.3) is 0 Å². The van der Waals surface area contributed by atoms with Crippen LogP contribution in [0.5, 0.6) is 0 Å². The largest absolute Gasteiger partial charge is 0.550 e. The lowest BCUT2D eigenvalue weighted by Crippen LogP contribution is -2.39. The molecule has 0 aliphatic rings. The number of carbonyl (C=O) groups excluding carboxylic acids is 8. The van der Waals surface area contributed by atoms with Gasteiger partial charge in [-0.2, -0.15) is 0 Å². The molecule has 26 nitrogen and oxygen atoms in total. The maximum absolute atomic E-state index is 11.2. The number of carbonyl (C=O) groups is 8. The SMILES string of the molecule is CC(=O)[O-].CC(C)C(O)C(=O)OCC[N+](C)(C)C.CC(C)C(O)C(=O)OCC[N+](C)(C)C.CC(C)C(O)C(=O)OCC[N+](C)(C)C.CC(C)C(O)C(=O)OCC[N+](C)(C)C.CCC(O)C(=O)[O-].CCCCC(=O)[O-].O=C([O-])CO. The van der Waals surface area contributed by atoms with E-state index in [0.29, 0.717) is 26.4 Å². The minimum atomic E-state index is -1.44. The number of likely N-dealkylation sites (N-methyl/N-ethyl adjacent to an activating group) is 4. The molecule has 0 radical (unpaired) electrons. The molecule has 0 amide bonds. The third kappa shape index (κ3) is 82.3. The van der Waals surface area contributed by atoms with Gasteiger partial charge >= 0.3 is 23.9 Å². The van der Waals surface area contributed by atoms with Gasteiger partial charge in [-0.15, -0.1) is 0 Å². The number of nitrogens with zero attached hydrogens (tertiary/aromatic N) is 4. The summed E-state index contributed by atoms with van der Waals surface area (Å²) in [5, 5.41) is 90.2. The van der Waals surface area contributed by atoms with Crippen molar-refractivity contribution < 1.29 is 126 Å². The van der Waals surface area contributed by atoms with Crippen molar-refractivity contribution in [2.24, 2.45) is 23.7 Å². The first kappa shape index (κ1) is 90.9. The first-order valence-electron chi connectivity index (χ1n) is 26.1. The minimum absolute atomic E-state index is 0.0911. The average Bonchev–Trinajstić information content (AvgIpc) is 3.28. The molecule has 0 saturated heterocycles. The molecule has 0 aliphatic heterocycles. The Bertz CT molecular complexity index is 1430. The summed E-state index contributed by atoms with van der Waals surface area (Å²) >= 11 is 0. The van der Waals surface area contributed by atoms with Crippen LogP contribution in [0.4, 0.5) is 0 Å². The normalized spacial score (nSPS) is 12.8. The lowest BCUT2D eigenvalue weighted by atomic mass is 10.1. The quantitative estimate of drug-likeness (QED) is 0.0273. The van der Waals surface area contributed by atoms with Gasteiger partial charge in [-0.05, 0) is 49.9 Å². The van der Waals surface area contributed by atoms with Crippen LogP contribution >= 0.6 is 0 Å². The van der Waals surface area contributed by atoms with Gasteiger partial charge in [-0.1, -0.05) is 75.7 Å². The van der Waals surface area contributed by atoms with Crippen LogP contribution in [0.2, 0.25) is 0 Å². The molecule has 0 aromatic heterocycles. The molecule has 0 rings (SSSR count). The molecule has 26 heteroatoms. The second-order valence-electron chi connectivity index (χ2n) is 23.2. The van der Waals surface area contributed by atoms with Crippen molar-refractivity contribution in [3.63, 3.8) is 0 Å². The number of rotatable bonds is 26. The second kappa shape index (κ2) is 50.3. The van der Waals surface area contributed by atoms with Gasteiger partial charge in [0.15, 0.2) is 24.4 Å². The van der Waals surface area contributed by atoms with E-state index in [1.54, 1.807) is 62.3 Å². The lowest BCUT2D eigenvalue weighted by molar-refractivity contribution is -0.870. The summed E-state index contributed by atoms with van der Waals surface area (Å²) in [6, 6.07) is 0. The third-order valence-electron chi connectivity index (χ3n) is 9.04. The molecule has 5 atom stereocenters. The molecule has 0 bridgehead atoms. The fraction of sp³-hybridized carbons (Fsp3) is 0.849. The van der Waals surface area contributed by atoms with E-state index in [1.165, 1.54) is 0 Å². The first-order chi connectivity index (χ1) is 35.4. The molecule has 5 unspecified atom stereocenters. The van der Waals surface area contributed by atoms with Crippen molar-refractivity contribution in [3.05, 3.63) is 0 Å². The van der Waals surface area contributed by atoms with Crippen molar-refractivity contribution >= 4 is 47.8 Å². The van der Waals surface area contributed by atoms with E-state index in [2.05, 4.69) is 0 Å². The second-order valence-corrected chi connectivity index (χ2v) is 23.2. The van der Waals surface area contributed by atoms with Gasteiger partial charge in [-0.3, -0.25) is 0 Å². The van der Waals surface area contributed by atoms with Crippen LogP contribution in [0.25, 0.3) is 0 Å². The number of carboxylic acids is 4. The predicted octanol–water partition coefficient (Wildman–Crippen LogP) is -4.07. The molecule has 0 spiro atoms. The van der Waals surface area contributed by atoms with Crippen molar-refractivity contribution in [1.82, 2.24) is 0 Å². The molecule has 0 heterocycles. The number of carboxylic acid groups (broad SMARTS) is 4. The van der Waals surface area contributed by atoms with Crippen LogP contribution in [0.15, 0.2) is 0 Å². The molecule has 0 aromatic rings. The molecule has 0 aliphatic carbocycles. The first-order valence-corrected chi connectivity index (χ1v) is 26.1. The maximum atomic E-state index is 11.2. The molecule has 79 heavy (non-hydrogen) atoms. The number of aliphatic carboxylic acids is 4. The zero-order chi connectivity index (χ0) is 64.8. The van der Waals surface area contributed by atoms with Gasteiger partial charge < -0.3 is 107 Å². The van der Waals surface area contributed by atoms with Crippen molar-refractivity contribution in [2.75, 3.05) is 144 Å². The van der Waals surface area contributed by atoms with Crippen LogP contribution in [-0.2, 0) is 57.3 Å². The minimum Gasteiger partial charge on any atom is -0.550 e. The lowest BCUT2D eigenvalue weighted by Gasteiger charge is -2.23. The summed E-state index contributed by atoms with van der Waals surface area (Å²) in [6.07, 6.45) is -3.20. The van der Waals surface area contributed by atoms with Crippen LogP contribution in [0.3, 0.4) is 0 Å². The Hall–Kier alpha value is -4.64. The maximum Gasteiger partial charge on any atom is 0.335 e. The smallest absolute Gasteiger partial charge is 0.335 e. The topological polar surface area (TPSA) is 387 Å². The summed E-state index contributed by atoms with van der Waals surface area (Å²) < 4.78 is 22.7. The number of aliphatic hydroxyl groups is 6. The number of aliphatic hydroxyl groups excluding tert-OH is 6. The highest BCUT2D eigenvalue weighted by Gasteiger charge is 2.24. The number of hydrogen-bond acceptors (Lipinski definition) is 22. The van der Waals surface area contributed by atoms with E-state index in [0.717, 1.165) is 63.9 Å². The number of unbranched alkanes of at least 4 members (excludes halogenated alkanes) is 1. The molecule has 0 aromatic carbocycles. The van der Waals surface area contributed by atoms with E-state index in [1.807, 2.05) is 91.5 Å². The van der Waals surface area contributed by atoms with Gasteiger partial charge in [0.1, 0.15) is 52.6 Å². The summed E-state index contributed by atoms with van der Waals surface area (Å²) in [5.74, 6) is -7.31. The molecule has 0 fully saturated rings. The Morgan fingerprint density at radius 2 is 0.608 bits per heavy atom. The third-order valence-corrected chi connectivity index (χ3v) is 9.04. The highest BCUT2D eigenvalue weighted by atomic mass is 16.6. The van der Waals surface area contributed by atoms with Gasteiger partial charge in [0.2, 0.25) is 0 Å². The van der Waals surface area contributed by atoms with Gasteiger partial charge in [0.05, 0.1) is 109 Å². The summed E-state index contributed by atoms with van der Waals surface area (Å²) in [6.45, 7) is 22.3. The highest BCUT2D eigenvalue weighted by molar-refractivity contribution is 5.75. The van der Waals surface area contributed by atoms with E-state index in [9.17, 15) is 59.4 Å². The van der Waals surface area contributed by atoms with Gasteiger partial charge in [0, 0.05) is 11.9 Å². The van der Waals surface area contributed by atoms with E-state index >= 15 is 0 Å². The summed E-state index contributed by atoms with van der Waals surface area (Å²) in [7, 11) is 24.2. The van der Waals surface area contributed by atoms with Crippen LogP contribution in [0.1, 0.15) is 102 Å². The van der Waals surface area contributed by atoms with Crippen molar-refractivity contribution in [1.29, 1.82) is 0 Å². The molecule has 474 valence electrons. The monoisotopic (exact) mass is 1150 g/mol. The summed E-state index contributed by atoms with van der Waals surface area (Å²) in [4.78, 5) is 81.9. The zero-order valence-corrected chi connectivity index (χ0v) is 52.4. The molecule has 0 saturated carbocycles. The van der Waals surface area contributed by atoms with Crippen LogP contribution < -0.4 is 20.4 Å². The Balaban J connectivity index is -0.000000126. The van der Waals surface area contributed by atoms with Crippen molar-refractivity contribution in [2.45, 2.75) is 132 Å². The fourth-order valence-electron chi connectivity index (χ4n) is 3.60. The number of esters is 4. The molecular formula is C53H110N4O22. The standard InChI is InChI=1S/4C10H22NO3.C5H10O2.C4H8O3.C2H4O3.C2H4O2/c4*1-8(2)9(12)10(13)14-7-6-11(3,4)5;1-2-3-4-5(6)7;1-2-3(5)4(6)7;3-1-2(4)5;1-2(3)4/h4*8-9,12H,6-7H2,1-5H3;2-4H2,1H3,(H,6,7);3,5H,2H2,1H3,(H,6,7);3H,1H2,(H,4,5);1H3,(H,3,4)/q4*+1;;;;/p-4. The number of ether oxygens (including phenoxy) is 4. The fourth-order valence-corrected chi connectivity index (χ4v) is 3.60. The van der Waals surface area contributed by atoms with Crippen LogP contribution in [0, 0.1) is 23.7 Å². The van der Waals surface area contributed by atoms with E-state index in [-0.39, 0.29) is 36.5 Å². The van der Waals surface area contributed by atoms with Gasteiger partial charge in [-0.25, -0.2) is 19.2 Å². The number of quaternary nitrogens is 4. The molecule has 6 N–H and O–H groups in total. The predicted molar refractivity (Wildman–Crippen MR) is 287 cm³/mol. The zero-order valence-electron chi connectivity index (χ0n) is 52.4. The highest BCUT2D eigenvalue weighted by Crippen LogP contribution is 2.06. The Morgan fingerprint density at radius 3 is 0.684 bits per heavy atom. The van der Waals surface area contributed by atoms with E-state index in [4.69, 9.17) is 49.0 Å². The molecular weight excluding hydrogens is 1040 g/mol. The van der Waals surface area contributed by atoms with E-state index < -0.39 is 84.9 Å². The number of hydrogen-bond donors (Lipinski definition) is 6. The van der Waals surface area contributed by atoms with Crippen LogP contribution in [-0.4, -0.2) is 271 Å². The average molecular weight is 1160 g/mol.